The molecule has 1 N–H and O–H groups in total. The van der Waals surface area contributed by atoms with Crippen molar-refractivity contribution < 1.29 is 9.21 Å². The van der Waals surface area contributed by atoms with Crippen molar-refractivity contribution in [2.24, 2.45) is 0 Å². The molecule has 23 heavy (non-hydrogen) atoms. The average Bonchev–Trinajstić information content (AvgIpc) is 3.27. The van der Waals surface area contributed by atoms with Gasteiger partial charge in [0.15, 0.2) is 5.58 Å². The quantitative estimate of drug-likeness (QED) is 0.605. The summed E-state index contributed by atoms with van der Waals surface area (Å²) < 4.78 is 7.90. The molecule has 0 aliphatic heterocycles. The number of aryl methyl sites for hydroxylation is 1. The normalized spacial score (nSPS) is 11.3. The van der Waals surface area contributed by atoms with Crippen LogP contribution in [0.2, 0.25) is 0 Å². The number of carbonyl (C=O) groups excluding carboxylic acids is 1. The van der Waals surface area contributed by atoms with Crippen molar-refractivity contribution in [2.45, 2.75) is 20.0 Å². The fraction of sp³-hybridized carbons (Fsp3) is 0.167. The van der Waals surface area contributed by atoms with E-state index in [1.54, 1.807) is 11.3 Å². The Labute approximate surface area is 137 Å². The monoisotopic (exact) mass is 324 g/mol. The number of hydrogen-bond acceptors (Lipinski definition) is 3. The van der Waals surface area contributed by atoms with Gasteiger partial charge in [-0.15, -0.1) is 11.3 Å². The van der Waals surface area contributed by atoms with Gasteiger partial charge in [-0.05, 0) is 30.5 Å². The van der Waals surface area contributed by atoms with Crippen molar-refractivity contribution in [1.82, 2.24) is 9.88 Å². The van der Waals surface area contributed by atoms with Crippen molar-refractivity contribution in [1.29, 1.82) is 0 Å². The molecule has 3 heterocycles. The lowest BCUT2D eigenvalue weighted by Gasteiger charge is -2.08. The number of hydrogen-bond donors (Lipinski definition) is 1. The van der Waals surface area contributed by atoms with Crippen LogP contribution >= 0.6 is 11.3 Å². The molecule has 0 bridgehead atoms. The standard InChI is InChI=1S/C18H16N2O2S/c1-2-20-14(18(21)19-11-12-6-5-9-23-12)10-16-17(20)13-7-3-4-8-15(13)22-16/h3-10H,2,11H2,1H3,(H,19,21). The summed E-state index contributed by atoms with van der Waals surface area (Å²) in [6, 6.07) is 13.8. The summed E-state index contributed by atoms with van der Waals surface area (Å²) >= 11 is 1.64. The van der Waals surface area contributed by atoms with Crippen molar-refractivity contribution >= 4 is 39.3 Å². The highest BCUT2D eigenvalue weighted by molar-refractivity contribution is 7.09. The maximum atomic E-state index is 12.6. The first-order valence-corrected chi connectivity index (χ1v) is 8.47. The molecule has 0 fully saturated rings. The predicted octanol–water partition coefficient (Wildman–Crippen LogP) is 4.40. The minimum absolute atomic E-state index is 0.0734. The minimum Gasteiger partial charge on any atom is -0.454 e. The first-order chi connectivity index (χ1) is 11.3. The Kier molecular flexibility index (Phi) is 3.42. The number of aromatic nitrogens is 1. The van der Waals surface area contributed by atoms with E-state index in [4.69, 9.17) is 4.42 Å². The summed E-state index contributed by atoms with van der Waals surface area (Å²) in [5.41, 5.74) is 3.24. The molecule has 0 aliphatic rings. The number of nitrogens with one attached hydrogen (secondary N) is 1. The number of amides is 1. The van der Waals surface area contributed by atoms with E-state index in [1.807, 2.05) is 59.3 Å². The third kappa shape index (κ3) is 2.33. The average molecular weight is 324 g/mol. The predicted molar refractivity (Wildman–Crippen MR) is 92.9 cm³/mol. The molecule has 116 valence electrons. The fourth-order valence-electron chi connectivity index (χ4n) is 2.94. The highest BCUT2D eigenvalue weighted by atomic mass is 32.1. The molecule has 0 saturated heterocycles. The lowest BCUT2D eigenvalue weighted by molar-refractivity contribution is 0.0942. The molecular formula is C18H16N2O2S. The molecule has 1 amide bonds. The summed E-state index contributed by atoms with van der Waals surface area (Å²) in [6.45, 7) is 3.31. The van der Waals surface area contributed by atoms with Crippen LogP contribution in [-0.2, 0) is 13.1 Å². The van der Waals surface area contributed by atoms with Crippen molar-refractivity contribution in [3.05, 3.63) is 58.4 Å². The molecule has 1 aromatic carbocycles. The second-order valence-electron chi connectivity index (χ2n) is 5.35. The molecule has 4 nitrogen and oxygen atoms in total. The number of benzene rings is 1. The van der Waals surface area contributed by atoms with Crippen LogP contribution < -0.4 is 5.32 Å². The third-order valence-electron chi connectivity index (χ3n) is 3.98. The van der Waals surface area contributed by atoms with E-state index < -0.39 is 0 Å². The Balaban J connectivity index is 1.73. The number of nitrogens with zero attached hydrogens (tertiary/aromatic N) is 1. The van der Waals surface area contributed by atoms with Gasteiger partial charge in [0, 0.05) is 22.9 Å². The molecule has 0 spiro atoms. The maximum absolute atomic E-state index is 12.6. The van der Waals surface area contributed by atoms with E-state index in [0.717, 1.165) is 33.5 Å². The summed E-state index contributed by atoms with van der Waals surface area (Å²) in [5.74, 6) is -0.0734. The largest absolute Gasteiger partial charge is 0.454 e. The lowest BCUT2D eigenvalue weighted by Crippen LogP contribution is -2.25. The molecule has 0 radical (unpaired) electrons. The molecule has 5 heteroatoms. The number of thiophene rings is 1. The maximum Gasteiger partial charge on any atom is 0.268 e. The summed E-state index contributed by atoms with van der Waals surface area (Å²) in [4.78, 5) is 13.7. The summed E-state index contributed by atoms with van der Waals surface area (Å²) in [6.07, 6.45) is 0. The Bertz CT molecular complexity index is 979. The molecule has 3 aromatic heterocycles. The SMILES string of the molecule is CCn1c(C(=O)NCc2cccs2)cc2oc3ccccc3c21. The molecule has 4 rings (SSSR count). The topological polar surface area (TPSA) is 47.2 Å². The van der Waals surface area contributed by atoms with Crippen molar-refractivity contribution in [2.75, 3.05) is 0 Å². The van der Waals surface area contributed by atoms with E-state index >= 15 is 0 Å². The molecule has 0 saturated carbocycles. The van der Waals surface area contributed by atoms with Gasteiger partial charge >= 0.3 is 0 Å². The minimum atomic E-state index is -0.0734. The van der Waals surface area contributed by atoms with Gasteiger partial charge in [0.25, 0.3) is 5.91 Å². The van der Waals surface area contributed by atoms with Gasteiger partial charge in [0.05, 0.1) is 12.1 Å². The zero-order chi connectivity index (χ0) is 15.8. The molecule has 0 atom stereocenters. The van der Waals surface area contributed by atoms with Crippen LogP contribution in [0.1, 0.15) is 22.3 Å². The second-order valence-corrected chi connectivity index (χ2v) is 6.38. The zero-order valence-corrected chi connectivity index (χ0v) is 13.5. The van der Waals surface area contributed by atoms with Gasteiger partial charge < -0.3 is 14.3 Å². The van der Waals surface area contributed by atoms with Gasteiger partial charge in [-0.25, -0.2) is 0 Å². The molecule has 0 unspecified atom stereocenters. The van der Waals surface area contributed by atoms with E-state index in [0.29, 0.717) is 12.2 Å². The number of para-hydroxylation sites is 1. The number of furan rings is 1. The van der Waals surface area contributed by atoms with Gasteiger partial charge in [-0.1, -0.05) is 18.2 Å². The Morgan fingerprint density at radius 3 is 2.87 bits per heavy atom. The first kappa shape index (κ1) is 14.1. The highest BCUT2D eigenvalue weighted by Gasteiger charge is 2.19. The van der Waals surface area contributed by atoms with Crippen LogP contribution in [0.25, 0.3) is 22.1 Å². The van der Waals surface area contributed by atoms with Crippen molar-refractivity contribution in [3.63, 3.8) is 0 Å². The number of rotatable bonds is 4. The first-order valence-electron chi connectivity index (χ1n) is 7.59. The van der Waals surface area contributed by atoms with E-state index in [2.05, 4.69) is 5.32 Å². The third-order valence-corrected chi connectivity index (χ3v) is 4.85. The van der Waals surface area contributed by atoms with Crippen LogP contribution in [0.5, 0.6) is 0 Å². The number of fused-ring (bicyclic) bond motifs is 3. The molecule has 0 aliphatic carbocycles. The molecule has 4 aromatic rings. The second kappa shape index (κ2) is 5.59. The highest BCUT2D eigenvalue weighted by Crippen LogP contribution is 2.31. The van der Waals surface area contributed by atoms with Crippen LogP contribution in [0.4, 0.5) is 0 Å². The van der Waals surface area contributed by atoms with Crippen molar-refractivity contribution in [3.8, 4) is 0 Å². The van der Waals surface area contributed by atoms with Gasteiger partial charge in [-0.3, -0.25) is 4.79 Å². The Morgan fingerprint density at radius 2 is 2.09 bits per heavy atom. The van der Waals surface area contributed by atoms with Gasteiger partial charge in [-0.2, -0.15) is 0 Å². The summed E-state index contributed by atoms with van der Waals surface area (Å²) in [7, 11) is 0. The number of carbonyl (C=O) groups is 1. The Morgan fingerprint density at radius 1 is 1.22 bits per heavy atom. The zero-order valence-electron chi connectivity index (χ0n) is 12.7. The molecular weight excluding hydrogens is 308 g/mol. The summed E-state index contributed by atoms with van der Waals surface area (Å²) in [5, 5.41) is 6.04. The van der Waals surface area contributed by atoms with E-state index in [-0.39, 0.29) is 5.91 Å². The lowest BCUT2D eigenvalue weighted by atomic mass is 10.2. The van der Waals surface area contributed by atoms with Crippen LogP contribution in [0.3, 0.4) is 0 Å². The van der Waals surface area contributed by atoms with Gasteiger partial charge in [0.1, 0.15) is 11.3 Å². The van der Waals surface area contributed by atoms with E-state index in [1.165, 1.54) is 0 Å². The Hall–Kier alpha value is -2.53. The smallest absolute Gasteiger partial charge is 0.268 e. The van der Waals surface area contributed by atoms with Crippen LogP contribution in [-0.4, -0.2) is 10.5 Å². The van der Waals surface area contributed by atoms with Gasteiger partial charge in [0.2, 0.25) is 0 Å². The van der Waals surface area contributed by atoms with Crippen LogP contribution in [0.15, 0.2) is 52.3 Å². The van der Waals surface area contributed by atoms with Crippen LogP contribution in [0, 0.1) is 0 Å². The van der Waals surface area contributed by atoms with E-state index in [9.17, 15) is 4.79 Å². The fourth-order valence-corrected chi connectivity index (χ4v) is 3.58.